The molecule has 12 heteroatoms. The molecule has 3 N–H and O–H groups in total. The van der Waals surface area contributed by atoms with Gasteiger partial charge in [0.05, 0.1) is 12.5 Å². The van der Waals surface area contributed by atoms with Crippen LogP contribution < -0.4 is 10.6 Å². The van der Waals surface area contributed by atoms with Crippen molar-refractivity contribution in [3.05, 3.63) is 81.8 Å². The second-order valence-electron chi connectivity index (χ2n) is 8.33. The molecule has 1 atom stereocenters. The molecule has 2 heterocycles. The number of amides is 2. The Hall–Kier alpha value is -3.19. The summed E-state index contributed by atoms with van der Waals surface area (Å²) >= 11 is 4.51. The third-order valence-corrected chi connectivity index (χ3v) is 8.18. The van der Waals surface area contributed by atoms with Crippen LogP contribution in [0, 0.1) is 0 Å². The normalized spacial score (nSPS) is 11.7. The van der Waals surface area contributed by atoms with Crippen molar-refractivity contribution >= 4 is 56.5 Å². The molecular weight excluding hydrogens is 541 g/mol. The number of benzene rings is 2. The lowest BCUT2D eigenvalue weighted by Gasteiger charge is -2.09. The van der Waals surface area contributed by atoms with E-state index in [1.54, 1.807) is 23.9 Å². The van der Waals surface area contributed by atoms with Crippen LogP contribution in [-0.4, -0.2) is 48.8 Å². The van der Waals surface area contributed by atoms with Crippen LogP contribution in [0.5, 0.6) is 0 Å². The largest absolute Gasteiger partial charge is 0.388 e. The van der Waals surface area contributed by atoms with Gasteiger partial charge in [0.25, 0.3) is 0 Å². The summed E-state index contributed by atoms with van der Waals surface area (Å²) in [5.41, 5.74) is 1.83. The molecule has 0 saturated carbocycles. The maximum absolute atomic E-state index is 12.2. The number of aliphatic hydroxyl groups is 1. The monoisotopic (exact) mass is 568 g/mol. The van der Waals surface area contributed by atoms with E-state index in [0.29, 0.717) is 28.7 Å². The van der Waals surface area contributed by atoms with Crippen LogP contribution in [0.3, 0.4) is 0 Å². The Morgan fingerprint density at radius 1 is 0.763 bits per heavy atom. The van der Waals surface area contributed by atoms with Gasteiger partial charge in [-0.25, -0.2) is 0 Å². The first-order valence-corrected chi connectivity index (χ1v) is 14.9. The van der Waals surface area contributed by atoms with Crippen molar-refractivity contribution in [1.82, 2.24) is 20.4 Å². The predicted octanol–water partition coefficient (Wildman–Crippen LogP) is 4.54. The van der Waals surface area contributed by atoms with E-state index in [0.717, 1.165) is 39.9 Å². The Kier molecular flexibility index (Phi) is 10.7. The predicted molar refractivity (Wildman–Crippen MR) is 153 cm³/mol. The Labute approximate surface area is 233 Å². The van der Waals surface area contributed by atoms with E-state index in [1.807, 2.05) is 48.5 Å². The molecule has 0 spiro atoms. The number of thioether (sulfide) groups is 1. The van der Waals surface area contributed by atoms with Crippen LogP contribution in [0.4, 0.5) is 10.3 Å². The van der Waals surface area contributed by atoms with Gasteiger partial charge in [-0.15, -0.1) is 20.4 Å². The Bertz CT molecular complexity index is 1300. The standard InChI is InChI=1S/C26H28N6O3S3/c33-20(19-9-5-2-6-10-19)17-22(35)28-26-32-30-24(38-26)14-16-36-15-13-23-29-31-25(37-23)27-21(34)12-11-18-7-3-1-4-8-18/h1-10,20,33H,11-17H2,(H,27,31,34)(H,28,32,35)/t20-/m1/s1. The number of aromatic nitrogens is 4. The number of nitrogens with one attached hydrogen (secondary N) is 2. The van der Waals surface area contributed by atoms with Crippen LogP contribution in [0.25, 0.3) is 0 Å². The minimum atomic E-state index is -0.861. The number of rotatable bonds is 14. The fraction of sp³-hybridized carbons (Fsp3) is 0.308. The number of hydrogen-bond donors (Lipinski definition) is 3. The first kappa shape index (κ1) is 27.8. The molecule has 9 nitrogen and oxygen atoms in total. The highest BCUT2D eigenvalue weighted by atomic mass is 32.2. The molecule has 4 aromatic rings. The maximum Gasteiger partial charge on any atom is 0.229 e. The van der Waals surface area contributed by atoms with E-state index >= 15 is 0 Å². The smallest absolute Gasteiger partial charge is 0.229 e. The average molecular weight is 569 g/mol. The topological polar surface area (TPSA) is 130 Å². The molecule has 2 amide bonds. The molecule has 4 rings (SSSR count). The zero-order valence-electron chi connectivity index (χ0n) is 20.6. The van der Waals surface area contributed by atoms with Crippen LogP contribution in [0.2, 0.25) is 0 Å². The molecule has 0 aliphatic carbocycles. The number of carbonyl (C=O) groups is 2. The molecule has 0 aliphatic rings. The summed E-state index contributed by atoms with van der Waals surface area (Å²) in [5.74, 6) is 1.36. The number of anilines is 2. The molecule has 0 bridgehead atoms. The van der Waals surface area contributed by atoms with Gasteiger partial charge in [0.1, 0.15) is 10.0 Å². The fourth-order valence-corrected chi connectivity index (χ4v) is 6.10. The van der Waals surface area contributed by atoms with Gasteiger partial charge in [-0.3, -0.25) is 9.59 Å². The quantitative estimate of drug-likeness (QED) is 0.189. The van der Waals surface area contributed by atoms with Gasteiger partial charge in [-0.05, 0) is 29.1 Å². The summed E-state index contributed by atoms with van der Waals surface area (Å²) in [4.78, 5) is 24.4. The lowest BCUT2D eigenvalue weighted by atomic mass is 10.1. The molecule has 0 unspecified atom stereocenters. The molecule has 2 aromatic heterocycles. The van der Waals surface area contributed by atoms with E-state index in [9.17, 15) is 14.7 Å². The molecule has 0 saturated heterocycles. The van der Waals surface area contributed by atoms with Gasteiger partial charge in [0.15, 0.2) is 0 Å². The summed E-state index contributed by atoms with van der Waals surface area (Å²) < 4.78 is 0. The second-order valence-corrected chi connectivity index (χ2v) is 11.7. The summed E-state index contributed by atoms with van der Waals surface area (Å²) in [6, 6.07) is 19.0. The highest BCUT2D eigenvalue weighted by Gasteiger charge is 2.15. The molecule has 38 heavy (non-hydrogen) atoms. The first-order valence-electron chi connectivity index (χ1n) is 12.1. The van der Waals surface area contributed by atoms with Crippen molar-refractivity contribution < 1.29 is 14.7 Å². The maximum atomic E-state index is 12.2. The van der Waals surface area contributed by atoms with E-state index in [2.05, 4.69) is 31.0 Å². The lowest BCUT2D eigenvalue weighted by Crippen LogP contribution is -2.15. The summed E-state index contributed by atoms with van der Waals surface area (Å²) in [6.45, 7) is 0. The number of aryl methyl sites for hydroxylation is 3. The molecular formula is C26H28N6O3S3. The van der Waals surface area contributed by atoms with Crippen molar-refractivity contribution in [2.45, 2.75) is 38.2 Å². The minimum absolute atomic E-state index is 0.0422. The zero-order chi connectivity index (χ0) is 26.6. The van der Waals surface area contributed by atoms with Gasteiger partial charge >= 0.3 is 0 Å². The summed E-state index contributed by atoms with van der Waals surface area (Å²) in [5, 5.41) is 34.9. The van der Waals surface area contributed by atoms with Gasteiger partial charge in [0.2, 0.25) is 22.1 Å². The lowest BCUT2D eigenvalue weighted by molar-refractivity contribution is -0.118. The summed E-state index contributed by atoms with van der Waals surface area (Å²) in [6.07, 6.45) is 1.70. The molecule has 2 aromatic carbocycles. The van der Waals surface area contributed by atoms with Crippen molar-refractivity contribution in [3.63, 3.8) is 0 Å². The number of nitrogens with zero attached hydrogens (tertiary/aromatic N) is 4. The van der Waals surface area contributed by atoms with Gasteiger partial charge in [0, 0.05) is 19.3 Å². The highest BCUT2D eigenvalue weighted by Crippen LogP contribution is 2.21. The van der Waals surface area contributed by atoms with Crippen molar-refractivity contribution in [3.8, 4) is 0 Å². The van der Waals surface area contributed by atoms with Crippen LogP contribution in [0.15, 0.2) is 60.7 Å². The molecule has 0 fully saturated rings. The van der Waals surface area contributed by atoms with Gasteiger partial charge in [-0.1, -0.05) is 83.3 Å². The van der Waals surface area contributed by atoms with Crippen LogP contribution >= 0.6 is 34.4 Å². The third-order valence-electron chi connectivity index (χ3n) is 5.39. The van der Waals surface area contributed by atoms with Crippen LogP contribution in [0.1, 0.15) is 40.1 Å². The average Bonchev–Trinajstić information content (AvgIpc) is 3.57. The van der Waals surface area contributed by atoms with E-state index in [4.69, 9.17) is 0 Å². The van der Waals surface area contributed by atoms with Crippen LogP contribution in [-0.2, 0) is 28.9 Å². The van der Waals surface area contributed by atoms with Crippen molar-refractivity contribution in [2.75, 3.05) is 22.1 Å². The number of hydrogen-bond acceptors (Lipinski definition) is 10. The number of carbonyl (C=O) groups excluding carboxylic acids is 2. The minimum Gasteiger partial charge on any atom is -0.388 e. The zero-order valence-corrected chi connectivity index (χ0v) is 23.0. The van der Waals surface area contributed by atoms with E-state index in [-0.39, 0.29) is 18.2 Å². The summed E-state index contributed by atoms with van der Waals surface area (Å²) in [7, 11) is 0. The van der Waals surface area contributed by atoms with E-state index in [1.165, 1.54) is 22.7 Å². The van der Waals surface area contributed by atoms with Crippen molar-refractivity contribution in [2.24, 2.45) is 0 Å². The van der Waals surface area contributed by atoms with E-state index < -0.39 is 6.10 Å². The second kappa shape index (κ2) is 14.7. The Balaban J connectivity index is 1.09. The van der Waals surface area contributed by atoms with Gasteiger partial charge in [-0.2, -0.15) is 11.8 Å². The Morgan fingerprint density at radius 2 is 1.32 bits per heavy atom. The molecule has 0 aliphatic heterocycles. The molecule has 0 radical (unpaired) electrons. The fourth-order valence-electron chi connectivity index (χ4n) is 3.45. The Morgan fingerprint density at radius 3 is 1.92 bits per heavy atom. The highest BCUT2D eigenvalue weighted by molar-refractivity contribution is 7.99. The van der Waals surface area contributed by atoms with Crippen molar-refractivity contribution in [1.29, 1.82) is 0 Å². The van der Waals surface area contributed by atoms with Gasteiger partial charge < -0.3 is 15.7 Å². The molecule has 198 valence electrons. The SMILES string of the molecule is O=C(CCc1ccccc1)Nc1nnc(CCSCCc2nnc(NC(=O)C[C@@H](O)c3ccccc3)s2)s1. The number of aliphatic hydroxyl groups excluding tert-OH is 1. The third kappa shape index (κ3) is 9.28. The first-order chi connectivity index (χ1) is 18.5.